The molecule has 1 aromatic carbocycles. The molecule has 0 saturated heterocycles. The summed E-state index contributed by atoms with van der Waals surface area (Å²) in [4.78, 5) is 12.3. The Morgan fingerprint density at radius 1 is 1.19 bits per heavy atom. The highest BCUT2D eigenvalue weighted by atomic mass is 16.5. The van der Waals surface area contributed by atoms with Crippen LogP contribution in [0, 0.1) is 5.92 Å². The third-order valence-electron chi connectivity index (χ3n) is 3.84. The third kappa shape index (κ3) is 3.05. The Morgan fingerprint density at radius 2 is 1.71 bits per heavy atom. The number of methoxy groups -OCH3 is 3. The van der Waals surface area contributed by atoms with Crippen molar-refractivity contribution < 1.29 is 19.0 Å². The Kier molecular flexibility index (Phi) is 4.27. The van der Waals surface area contributed by atoms with E-state index in [0.29, 0.717) is 22.9 Å². The SMILES string of the molecule is COc1cc(NC(=O)C(C)(N)C2CC2)cc(OC)c1OC. The lowest BCUT2D eigenvalue weighted by Gasteiger charge is -2.23. The highest BCUT2D eigenvalue weighted by Gasteiger charge is 2.44. The smallest absolute Gasteiger partial charge is 0.244 e. The summed E-state index contributed by atoms with van der Waals surface area (Å²) in [7, 11) is 4.59. The van der Waals surface area contributed by atoms with Gasteiger partial charge in [0, 0.05) is 17.8 Å². The van der Waals surface area contributed by atoms with Gasteiger partial charge < -0.3 is 25.3 Å². The molecule has 0 heterocycles. The second-order valence-electron chi connectivity index (χ2n) is 5.43. The Balaban J connectivity index is 2.25. The minimum Gasteiger partial charge on any atom is -0.493 e. The van der Waals surface area contributed by atoms with Crippen molar-refractivity contribution in [1.29, 1.82) is 0 Å². The van der Waals surface area contributed by atoms with E-state index in [2.05, 4.69) is 5.32 Å². The molecule has 0 radical (unpaired) electrons. The highest BCUT2D eigenvalue weighted by molar-refractivity contribution is 5.98. The molecule has 0 bridgehead atoms. The number of hydrogen-bond acceptors (Lipinski definition) is 5. The zero-order valence-corrected chi connectivity index (χ0v) is 12.9. The molecule has 0 spiro atoms. The number of amides is 1. The van der Waals surface area contributed by atoms with Crippen LogP contribution in [-0.4, -0.2) is 32.8 Å². The van der Waals surface area contributed by atoms with Crippen LogP contribution in [0.4, 0.5) is 5.69 Å². The number of benzene rings is 1. The van der Waals surface area contributed by atoms with Crippen molar-refractivity contribution in [3.8, 4) is 17.2 Å². The van der Waals surface area contributed by atoms with Crippen LogP contribution < -0.4 is 25.3 Å². The molecule has 116 valence electrons. The number of carbonyl (C=O) groups excluding carboxylic acids is 1. The standard InChI is InChI=1S/C15H22N2O4/c1-15(16,9-5-6-9)14(18)17-10-7-11(19-2)13(21-4)12(8-10)20-3/h7-9H,5-6,16H2,1-4H3,(H,17,18). The van der Waals surface area contributed by atoms with E-state index in [1.54, 1.807) is 19.1 Å². The van der Waals surface area contributed by atoms with E-state index in [-0.39, 0.29) is 11.8 Å². The Hall–Kier alpha value is -1.95. The lowest BCUT2D eigenvalue weighted by atomic mass is 9.96. The van der Waals surface area contributed by atoms with Gasteiger partial charge in [-0.15, -0.1) is 0 Å². The zero-order valence-electron chi connectivity index (χ0n) is 12.9. The van der Waals surface area contributed by atoms with E-state index in [4.69, 9.17) is 19.9 Å². The first kappa shape index (κ1) is 15.4. The third-order valence-corrected chi connectivity index (χ3v) is 3.84. The van der Waals surface area contributed by atoms with E-state index < -0.39 is 5.54 Å². The van der Waals surface area contributed by atoms with Gasteiger partial charge in [-0.3, -0.25) is 4.79 Å². The number of ether oxygens (including phenoxy) is 3. The van der Waals surface area contributed by atoms with Crippen LogP contribution in [0.3, 0.4) is 0 Å². The van der Waals surface area contributed by atoms with E-state index >= 15 is 0 Å². The van der Waals surface area contributed by atoms with Crippen LogP contribution in [0.15, 0.2) is 12.1 Å². The molecule has 1 aromatic rings. The van der Waals surface area contributed by atoms with Gasteiger partial charge in [0.2, 0.25) is 11.7 Å². The van der Waals surface area contributed by atoms with E-state index in [1.165, 1.54) is 21.3 Å². The first-order chi connectivity index (χ1) is 9.93. The number of nitrogens with one attached hydrogen (secondary N) is 1. The Bertz CT molecular complexity index is 513. The van der Waals surface area contributed by atoms with Crippen molar-refractivity contribution >= 4 is 11.6 Å². The molecule has 2 rings (SSSR count). The number of anilines is 1. The Morgan fingerprint density at radius 3 is 2.10 bits per heavy atom. The maximum atomic E-state index is 12.3. The average molecular weight is 294 g/mol. The minimum absolute atomic E-state index is 0.209. The molecule has 1 amide bonds. The lowest BCUT2D eigenvalue weighted by Crippen LogP contribution is -2.50. The van der Waals surface area contributed by atoms with E-state index in [1.807, 2.05) is 0 Å². The number of nitrogens with two attached hydrogens (primary N) is 1. The summed E-state index contributed by atoms with van der Waals surface area (Å²) in [5, 5.41) is 2.82. The molecule has 1 saturated carbocycles. The summed E-state index contributed by atoms with van der Waals surface area (Å²) >= 11 is 0. The molecule has 6 heteroatoms. The van der Waals surface area contributed by atoms with Gasteiger partial charge in [-0.1, -0.05) is 0 Å². The maximum Gasteiger partial charge on any atom is 0.244 e. The maximum absolute atomic E-state index is 12.3. The van der Waals surface area contributed by atoms with Crippen LogP contribution in [-0.2, 0) is 4.79 Å². The van der Waals surface area contributed by atoms with E-state index in [0.717, 1.165) is 12.8 Å². The van der Waals surface area contributed by atoms with Crippen molar-refractivity contribution in [2.45, 2.75) is 25.3 Å². The molecule has 1 aliphatic carbocycles. The molecule has 1 fully saturated rings. The minimum atomic E-state index is -0.861. The van der Waals surface area contributed by atoms with Gasteiger partial charge in [-0.25, -0.2) is 0 Å². The van der Waals surface area contributed by atoms with Gasteiger partial charge in [0.15, 0.2) is 11.5 Å². The predicted molar refractivity (Wildman–Crippen MR) is 80.0 cm³/mol. The molecule has 1 aliphatic rings. The zero-order chi connectivity index (χ0) is 15.6. The van der Waals surface area contributed by atoms with Gasteiger partial charge in [-0.05, 0) is 25.7 Å². The largest absolute Gasteiger partial charge is 0.493 e. The summed E-state index contributed by atoms with van der Waals surface area (Å²) in [5.74, 6) is 1.49. The first-order valence-corrected chi connectivity index (χ1v) is 6.84. The Labute approximate surface area is 124 Å². The van der Waals surface area contributed by atoms with Gasteiger partial charge in [-0.2, -0.15) is 0 Å². The fourth-order valence-electron chi connectivity index (χ4n) is 2.29. The first-order valence-electron chi connectivity index (χ1n) is 6.84. The molecule has 0 aromatic heterocycles. The molecular weight excluding hydrogens is 272 g/mol. The van der Waals surface area contributed by atoms with Crippen LogP contribution in [0.1, 0.15) is 19.8 Å². The van der Waals surface area contributed by atoms with Crippen LogP contribution in [0.2, 0.25) is 0 Å². The molecule has 1 atom stereocenters. The normalized spacial score (nSPS) is 16.8. The monoisotopic (exact) mass is 294 g/mol. The quantitative estimate of drug-likeness (QED) is 0.835. The van der Waals surface area contributed by atoms with Gasteiger partial charge in [0.1, 0.15) is 0 Å². The number of hydrogen-bond donors (Lipinski definition) is 2. The predicted octanol–water partition coefficient (Wildman–Crippen LogP) is 1.78. The average Bonchev–Trinajstić information content (AvgIpc) is 3.30. The van der Waals surface area contributed by atoms with Gasteiger partial charge >= 0.3 is 0 Å². The highest BCUT2D eigenvalue weighted by Crippen LogP contribution is 2.41. The van der Waals surface area contributed by atoms with Crippen molar-refractivity contribution in [2.75, 3.05) is 26.6 Å². The fourth-order valence-corrected chi connectivity index (χ4v) is 2.29. The summed E-state index contributed by atoms with van der Waals surface area (Å²) in [6.07, 6.45) is 1.99. The summed E-state index contributed by atoms with van der Waals surface area (Å²) in [6.45, 7) is 1.76. The summed E-state index contributed by atoms with van der Waals surface area (Å²) in [5.41, 5.74) is 5.81. The molecule has 1 unspecified atom stereocenters. The second-order valence-corrected chi connectivity index (χ2v) is 5.43. The molecular formula is C15H22N2O4. The molecule has 21 heavy (non-hydrogen) atoms. The summed E-state index contributed by atoms with van der Waals surface area (Å²) < 4.78 is 15.8. The van der Waals surface area contributed by atoms with Crippen LogP contribution in [0.5, 0.6) is 17.2 Å². The summed E-state index contributed by atoms with van der Waals surface area (Å²) in [6, 6.07) is 3.37. The van der Waals surface area contributed by atoms with Crippen molar-refractivity contribution in [2.24, 2.45) is 11.7 Å². The molecule has 6 nitrogen and oxygen atoms in total. The van der Waals surface area contributed by atoms with Gasteiger partial charge in [0.05, 0.1) is 26.9 Å². The number of rotatable bonds is 6. The van der Waals surface area contributed by atoms with Crippen molar-refractivity contribution in [1.82, 2.24) is 0 Å². The van der Waals surface area contributed by atoms with Crippen molar-refractivity contribution in [3.63, 3.8) is 0 Å². The lowest BCUT2D eigenvalue weighted by molar-refractivity contribution is -0.121. The molecule has 3 N–H and O–H groups in total. The fraction of sp³-hybridized carbons (Fsp3) is 0.533. The van der Waals surface area contributed by atoms with E-state index in [9.17, 15) is 4.79 Å². The topological polar surface area (TPSA) is 82.8 Å². The van der Waals surface area contributed by atoms with Crippen LogP contribution in [0.25, 0.3) is 0 Å². The number of carbonyl (C=O) groups is 1. The van der Waals surface area contributed by atoms with Crippen molar-refractivity contribution in [3.05, 3.63) is 12.1 Å². The van der Waals surface area contributed by atoms with Crippen LogP contribution >= 0.6 is 0 Å². The second kappa shape index (κ2) is 5.81. The molecule has 0 aliphatic heterocycles. The van der Waals surface area contributed by atoms with Gasteiger partial charge in [0.25, 0.3) is 0 Å².